The Kier molecular flexibility index (Phi) is 6.80. The highest BCUT2D eigenvalue weighted by atomic mass is 35.5. The minimum Gasteiger partial charge on any atom is -0.343 e. The summed E-state index contributed by atoms with van der Waals surface area (Å²) in [5.74, 6) is -1.66. The topological polar surface area (TPSA) is 80.9 Å². The molecular formula is C22H19ClF4N4O. The number of nitrogens with two attached hydrogens (primary N) is 1. The van der Waals surface area contributed by atoms with Gasteiger partial charge in [0.2, 0.25) is 0 Å². The molecule has 10 heteroatoms. The average molecular weight is 467 g/mol. The Hall–Kier alpha value is -3.04. The highest BCUT2D eigenvalue weighted by Crippen LogP contribution is 2.37. The molecule has 168 valence electrons. The van der Waals surface area contributed by atoms with Crippen molar-refractivity contribution in [2.24, 2.45) is 5.73 Å². The minimum atomic E-state index is -4.81. The molecule has 2 heterocycles. The lowest BCUT2D eigenvalue weighted by atomic mass is 10.0. The smallest absolute Gasteiger partial charge is 0.343 e. The molecular weight excluding hydrogens is 448 g/mol. The highest BCUT2D eigenvalue weighted by Gasteiger charge is 2.34. The van der Waals surface area contributed by atoms with Crippen molar-refractivity contribution in [2.75, 3.05) is 0 Å². The number of amides is 1. The Bertz CT molecular complexity index is 1170. The summed E-state index contributed by atoms with van der Waals surface area (Å²) < 4.78 is 53.9. The van der Waals surface area contributed by atoms with Crippen molar-refractivity contribution in [3.8, 4) is 11.3 Å². The molecule has 0 spiro atoms. The first-order valence-corrected chi connectivity index (χ1v) is 9.88. The number of pyridine rings is 2. The standard InChI is InChI=1S/C22H19ClF4N4O/c1-11-5-18(29-10-17(11)23)12(2)30-21(32)20-7-13(9-28)6-19(31-20)15-4-3-14(24)8-16(15)22(25,26)27/h3-8,10,12H,9,28H2,1-2H3,(H,30,32). The fraction of sp³-hybridized carbons (Fsp3) is 0.227. The molecule has 1 amide bonds. The van der Waals surface area contributed by atoms with Crippen LogP contribution in [-0.4, -0.2) is 15.9 Å². The van der Waals surface area contributed by atoms with E-state index in [0.717, 1.165) is 17.7 Å². The van der Waals surface area contributed by atoms with Crippen LogP contribution in [0.15, 0.2) is 42.6 Å². The lowest BCUT2D eigenvalue weighted by Gasteiger charge is -2.16. The molecule has 0 bridgehead atoms. The number of halogens is 5. The summed E-state index contributed by atoms with van der Waals surface area (Å²) in [7, 11) is 0. The number of nitrogens with one attached hydrogen (secondary N) is 1. The lowest BCUT2D eigenvalue weighted by Crippen LogP contribution is -2.28. The second-order valence-corrected chi connectivity index (χ2v) is 7.60. The molecule has 5 nitrogen and oxygen atoms in total. The number of benzene rings is 1. The third-order valence-corrected chi connectivity index (χ3v) is 5.17. The van der Waals surface area contributed by atoms with Gasteiger partial charge in [0, 0.05) is 18.3 Å². The van der Waals surface area contributed by atoms with E-state index in [4.69, 9.17) is 17.3 Å². The van der Waals surface area contributed by atoms with E-state index in [-0.39, 0.29) is 23.5 Å². The van der Waals surface area contributed by atoms with Crippen LogP contribution < -0.4 is 11.1 Å². The van der Waals surface area contributed by atoms with E-state index in [0.29, 0.717) is 22.3 Å². The lowest BCUT2D eigenvalue weighted by molar-refractivity contribution is -0.137. The number of hydrogen-bond acceptors (Lipinski definition) is 4. The van der Waals surface area contributed by atoms with E-state index < -0.39 is 29.5 Å². The van der Waals surface area contributed by atoms with E-state index in [9.17, 15) is 22.4 Å². The summed E-state index contributed by atoms with van der Waals surface area (Å²) in [6.07, 6.45) is -3.35. The number of alkyl halides is 3. The molecule has 0 fully saturated rings. The molecule has 0 radical (unpaired) electrons. The van der Waals surface area contributed by atoms with Crippen molar-refractivity contribution in [1.29, 1.82) is 0 Å². The third kappa shape index (κ3) is 5.23. The van der Waals surface area contributed by atoms with Crippen molar-refractivity contribution in [3.63, 3.8) is 0 Å². The van der Waals surface area contributed by atoms with Gasteiger partial charge in [-0.15, -0.1) is 0 Å². The van der Waals surface area contributed by atoms with Crippen LogP contribution in [0.3, 0.4) is 0 Å². The van der Waals surface area contributed by atoms with E-state index >= 15 is 0 Å². The van der Waals surface area contributed by atoms with Crippen LogP contribution in [-0.2, 0) is 12.7 Å². The van der Waals surface area contributed by atoms with Gasteiger partial charge in [-0.1, -0.05) is 11.6 Å². The Morgan fingerprint density at radius 3 is 2.56 bits per heavy atom. The third-order valence-electron chi connectivity index (χ3n) is 4.78. The van der Waals surface area contributed by atoms with Gasteiger partial charge in [-0.2, -0.15) is 13.2 Å². The van der Waals surface area contributed by atoms with E-state index in [2.05, 4.69) is 15.3 Å². The number of aromatic nitrogens is 2. The van der Waals surface area contributed by atoms with Crippen LogP contribution in [0.25, 0.3) is 11.3 Å². The Morgan fingerprint density at radius 1 is 1.22 bits per heavy atom. The van der Waals surface area contributed by atoms with E-state index in [1.54, 1.807) is 19.9 Å². The zero-order valence-corrected chi connectivity index (χ0v) is 17.9. The Morgan fingerprint density at radius 2 is 1.94 bits per heavy atom. The molecule has 0 aliphatic carbocycles. The van der Waals surface area contributed by atoms with Gasteiger partial charge >= 0.3 is 6.18 Å². The predicted octanol–water partition coefficient (Wildman–Crippen LogP) is 5.21. The fourth-order valence-electron chi connectivity index (χ4n) is 3.08. The molecule has 3 N–H and O–H groups in total. The summed E-state index contributed by atoms with van der Waals surface area (Å²) in [6, 6.07) is 6.19. The molecule has 0 aliphatic heterocycles. The summed E-state index contributed by atoms with van der Waals surface area (Å²) >= 11 is 5.98. The molecule has 1 atom stereocenters. The monoisotopic (exact) mass is 466 g/mol. The quantitative estimate of drug-likeness (QED) is 0.506. The average Bonchev–Trinajstić information content (AvgIpc) is 2.74. The van der Waals surface area contributed by atoms with E-state index in [1.807, 2.05) is 0 Å². The first-order valence-electron chi connectivity index (χ1n) is 9.50. The highest BCUT2D eigenvalue weighted by molar-refractivity contribution is 6.31. The number of aryl methyl sites for hydroxylation is 1. The maximum Gasteiger partial charge on any atom is 0.417 e. The summed E-state index contributed by atoms with van der Waals surface area (Å²) in [6.45, 7) is 3.45. The molecule has 0 aliphatic rings. The molecule has 1 aromatic carbocycles. The van der Waals surface area contributed by atoms with E-state index in [1.165, 1.54) is 18.3 Å². The molecule has 2 aromatic heterocycles. The first kappa shape index (κ1) is 23.6. The van der Waals surface area contributed by atoms with Gasteiger partial charge < -0.3 is 11.1 Å². The first-order chi connectivity index (χ1) is 15.0. The van der Waals surface area contributed by atoms with Gasteiger partial charge in [0.05, 0.1) is 28.0 Å². The Balaban J connectivity index is 1.98. The normalized spacial score (nSPS) is 12.5. The summed E-state index contributed by atoms with van der Waals surface area (Å²) in [5.41, 5.74) is 5.58. The Labute approximate surface area is 186 Å². The van der Waals surface area contributed by atoms with Crippen molar-refractivity contribution < 1.29 is 22.4 Å². The predicted molar refractivity (Wildman–Crippen MR) is 112 cm³/mol. The van der Waals surface area contributed by atoms with Gasteiger partial charge in [0.25, 0.3) is 5.91 Å². The maximum absolute atomic E-state index is 13.5. The second kappa shape index (κ2) is 9.22. The fourth-order valence-corrected chi connectivity index (χ4v) is 3.18. The molecule has 3 rings (SSSR count). The van der Waals surface area contributed by atoms with Crippen LogP contribution >= 0.6 is 11.6 Å². The van der Waals surface area contributed by atoms with Crippen LogP contribution in [0.1, 0.15) is 45.8 Å². The maximum atomic E-state index is 13.5. The number of nitrogens with zero attached hydrogens (tertiary/aromatic N) is 2. The molecule has 0 saturated heterocycles. The van der Waals surface area contributed by atoms with Crippen LogP contribution in [0, 0.1) is 12.7 Å². The summed E-state index contributed by atoms with van der Waals surface area (Å²) in [5, 5.41) is 3.19. The molecule has 1 unspecified atom stereocenters. The number of carbonyl (C=O) groups is 1. The van der Waals surface area contributed by atoms with Crippen LogP contribution in [0.5, 0.6) is 0 Å². The van der Waals surface area contributed by atoms with Crippen LogP contribution in [0.4, 0.5) is 17.6 Å². The van der Waals surface area contributed by atoms with Crippen molar-refractivity contribution >= 4 is 17.5 Å². The van der Waals surface area contributed by atoms with Crippen LogP contribution in [0.2, 0.25) is 5.02 Å². The number of rotatable bonds is 5. The molecule has 0 saturated carbocycles. The van der Waals surface area contributed by atoms with Gasteiger partial charge in [-0.3, -0.25) is 9.78 Å². The summed E-state index contributed by atoms with van der Waals surface area (Å²) in [4.78, 5) is 21.1. The SMILES string of the molecule is Cc1cc(C(C)NC(=O)c2cc(CN)cc(-c3ccc(F)cc3C(F)(F)F)n2)ncc1Cl. The molecule has 32 heavy (non-hydrogen) atoms. The number of carbonyl (C=O) groups excluding carboxylic acids is 1. The zero-order chi connectivity index (χ0) is 23.6. The van der Waals surface area contributed by atoms with Crippen molar-refractivity contribution in [3.05, 3.63) is 81.5 Å². The van der Waals surface area contributed by atoms with Crippen molar-refractivity contribution in [2.45, 2.75) is 32.6 Å². The van der Waals surface area contributed by atoms with Gasteiger partial charge in [0.15, 0.2) is 0 Å². The van der Waals surface area contributed by atoms with Gasteiger partial charge in [-0.25, -0.2) is 9.37 Å². The minimum absolute atomic E-state index is 0.0359. The largest absolute Gasteiger partial charge is 0.417 e. The zero-order valence-electron chi connectivity index (χ0n) is 17.1. The molecule has 3 aromatic rings. The number of hydrogen-bond donors (Lipinski definition) is 2. The van der Waals surface area contributed by atoms with Gasteiger partial charge in [0.1, 0.15) is 11.5 Å². The second-order valence-electron chi connectivity index (χ2n) is 7.19. The van der Waals surface area contributed by atoms with Gasteiger partial charge in [-0.05, 0) is 61.4 Å². The van der Waals surface area contributed by atoms with Crippen molar-refractivity contribution in [1.82, 2.24) is 15.3 Å².